The van der Waals surface area contributed by atoms with Crippen LogP contribution in [-0.2, 0) is 11.3 Å². The summed E-state index contributed by atoms with van der Waals surface area (Å²) in [4.78, 5) is 16.9. The minimum atomic E-state index is -0.169. The van der Waals surface area contributed by atoms with Gasteiger partial charge < -0.3 is 10.6 Å². The largest absolute Gasteiger partial charge is 0.312 e. The quantitative estimate of drug-likeness (QED) is 0.889. The Hall–Kier alpha value is -2.20. The first-order chi connectivity index (χ1) is 10.1. The highest BCUT2D eigenvalue weighted by Crippen LogP contribution is 2.25. The van der Waals surface area contributed by atoms with Crippen molar-refractivity contribution in [1.29, 1.82) is 0 Å². The molecule has 1 aromatic carbocycles. The molecule has 4 nitrogen and oxygen atoms in total. The monoisotopic (exact) mass is 281 g/mol. The van der Waals surface area contributed by atoms with Crippen molar-refractivity contribution in [3.8, 4) is 0 Å². The highest BCUT2D eigenvalue weighted by atomic mass is 16.2. The number of aryl methyl sites for hydroxylation is 2. The molecule has 1 aliphatic heterocycles. The van der Waals surface area contributed by atoms with Crippen LogP contribution in [0.25, 0.3) is 0 Å². The van der Waals surface area contributed by atoms with Gasteiger partial charge in [-0.2, -0.15) is 0 Å². The second-order valence-corrected chi connectivity index (χ2v) is 5.54. The zero-order valence-electron chi connectivity index (χ0n) is 12.3. The Balaban J connectivity index is 1.83. The zero-order chi connectivity index (χ0) is 14.8. The lowest BCUT2D eigenvalue weighted by Crippen LogP contribution is -2.35. The third-order valence-corrected chi connectivity index (χ3v) is 3.76. The van der Waals surface area contributed by atoms with Gasteiger partial charge in [0, 0.05) is 18.8 Å². The molecule has 1 amide bonds. The molecular weight excluding hydrogens is 262 g/mol. The average Bonchev–Trinajstić information content (AvgIpc) is 2.45. The van der Waals surface area contributed by atoms with Crippen molar-refractivity contribution in [3.05, 3.63) is 58.8 Å². The number of benzene rings is 1. The van der Waals surface area contributed by atoms with Gasteiger partial charge in [0.2, 0.25) is 5.91 Å². The molecule has 3 rings (SSSR count). The third kappa shape index (κ3) is 2.95. The summed E-state index contributed by atoms with van der Waals surface area (Å²) < 4.78 is 0. The van der Waals surface area contributed by atoms with E-state index in [9.17, 15) is 4.79 Å². The molecule has 21 heavy (non-hydrogen) atoms. The van der Waals surface area contributed by atoms with E-state index >= 15 is 0 Å². The number of aromatic nitrogens is 1. The van der Waals surface area contributed by atoms with E-state index in [1.165, 1.54) is 5.56 Å². The summed E-state index contributed by atoms with van der Waals surface area (Å²) in [5.74, 6) is 0.449. The van der Waals surface area contributed by atoms with Crippen LogP contribution >= 0.6 is 0 Å². The van der Waals surface area contributed by atoms with E-state index in [1.54, 1.807) is 0 Å². The number of amides is 1. The summed E-state index contributed by atoms with van der Waals surface area (Å²) in [6.45, 7) is 5.41. The van der Waals surface area contributed by atoms with Gasteiger partial charge in [0.15, 0.2) is 0 Å². The first-order valence-electron chi connectivity index (χ1n) is 7.18. The Kier molecular flexibility index (Phi) is 3.71. The van der Waals surface area contributed by atoms with Gasteiger partial charge in [-0.15, -0.1) is 0 Å². The summed E-state index contributed by atoms with van der Waals surface area (Å²) in [7, 11) is 0. The fourth-order valence-electron chi connectivity index (χ4n) is 2.85. The fraction of sp³-hybridized carbons (Fsp3) is 0.294. The van der Waals surface area contributed by atoms with Crippen molar-refractivity contribution < 1.29 is 4.79 Å². The van der Waals surface area contributed by atoms with Crippen molar-refractivity contribution in [2.24, 2.45) is 0 Å². The van der Waals surface area contributed by atoms with Gasteiger partial charge in [-0.05, 0) is 42.7 Å². The number of carbonyl (C=O) groups excluding carboxylic acids is 1. The maximum atomic E-state index is 12.6. The highest BCUT2D eigenvalue weighted by molar-refractivity contribution is 5.95. The minimum absolute atomic E-state index is 0.00727. The van der Waals surface area contributed by atoms with Gasteiger partial charge in [0.25, 0.3) is 0 Å². The maximum Gasteiger partial charge on any atom is 0.234 e. The lowest BCUT2D eigenvalue weighted by molar-refractivity contribution is -0.117. The Morgan fingerprint density at radius 3 is 2.90 bits per heavy atom. The van der Waals surface area contributed by atoms with Crippen LogP contribution in [0.2, 0.25) is 0 Å². The Bertz CT molecular complexity index is 661. The summed E-state index contributed by atoms with van der Waals surface area (Å²) in [6.07, 6.45) is 0. The van der Waals surface area contributed by atoms with E-state index < -0.39 is 0 Å². The van der Waals surface area contributed by atoms with E-state index in [1.807, 2.05) is 44.2 Å². The number of anilines is 1. The van der Waals surface area contributed by atoms with Gasteiger partial charge in [-0.1, -0.05) is 24.3 Å². The van der Waals surface area contributed by atoms with Crippen LogP contribution in [0.5, 0.6) is 0 Å². The topological polar surface area (TPSA) is 54.0 Å². The molecule has 0 aliphatic carbocycles. The molecule has 0 fully saturated rings. The number of nitrogens with one attached hydrogen (secondary N) is 2. The molecule has 0 saturated carbocycles. The van der Waals surface area contributed by atoms with Gasteiger partial charge in [0.1, 0.15) is 5.82 Å². The summed E-state index contributed by atoms with van der Waals surface area (Å²) in [5, 5.41) is 6.24. The first-order valence-corrected chi connectivity index (χ1v) is 7.18. The molecule has 1 aliphatic rings. The van der Waals surface area contributed by atoms with E-state index in [0.717, 1.165) is 23.4 Å². The molecule has 1 aromatic heterocycles. The fourth-order valence-corrected chi connectivity index (χ4v) is 2.85. The van der Waals surface area contributed by atoms with Crippen molar-refractivity contribution >= 4 is 11.7 Å². The standard InChI is InChI=1S/C17H19N3O/c1-11-7-12(2)19-16(8-11)20-17(21)15-10-18-9-13-5-3-4-6-14(13)15/h3-8,15,18H,9-10H2,1-2H3,(H,19,20,21). The maximum absolute atomic E-state index is 12.6. The summed E-state index contributed by atoms with van der Waals surface area (Å²) in [6, 6.07) is 12.0. The Morgan fingerprint density at radius 1 is 1.29 bits per heavy atom. The molecule has 108 valence electrons. The van der Waals surface area contributed by atoms with E-state index in [0.29, 0.717) is 12.4 Å². The summed E-state index contributed by atoms with van der Waals surface area (Å²) >= 11 is 0. The van der Waals surface area contributed by atoms with Crippen LogP contribution in [-0.4, -0.2) is 17.4 Å². The minimum Gasteiger partial charge on any atom is -0.312 e. The molecule has 0 spiro atoms. The predicted molar refractivity (Wildman–Crippen MR) is 83.2 cm³/mol. The smallest absolute Gasteiger partial charge is 0.234 e. The summed E-state index contributed by atoms with van der Waals surface area (Å²) in [5.41, 5.74) is 4.31. The zero-order valence-corrected chi connectivity index (χ0v) is 12.3. The molecule has 1 atom stereocenters. The first kappa shape index (κ1) is 13.8. The van der Waals surface area contributed by atoms with Crippen molar-refractivity contribution in [2.45, 2.75) is 26.3 Å². The molecule has 0 bridgehead atoms. The van der Waals surface area contributed by atoms with E-state index in [2.05, 4.69) is 21.7 Å². The molecular formula is C17H19N3O. The predicted octanol–water partition coefficient (Wildman–Crippen LogP) is 2.52. The second kappa shape index (κ2) is 5.66. The lowest BCUT2D eigenvalue weighted by atomic mass is 9.90. The van der Waals surface area contributed by atoms with Crippen molar-refractivity contribution in [3.63, 3.8) is 0 Å². The SMILES string of the molecule is Cc1cc(C)nc(NC(=O)C2CNCc3ccccc32)c1. The molecule has 4 heteroatoms. The number of hydrogen-bond donors (Lipinski definition) is 2. The van der Waals surface area contributed by atoms with Gasteiger partial charge in [-0.25, -0.2) is 4.98 Å². The third-order valence-electron chi connectivity index (χ3n) is 3.76. The molecule has 2 heterocycles. The van der Waals surface area contributed by atoms with E-state index in [-0.39, 0.29) is 11.8 Å². The number of nitrogens with zero attached hydrogens (tertiary/aromatic N) is 1. The van der Waals surface area contributed by atoms with Gasteiger partial charge in [0.05, 0.1) is 5.92 Å². The van der Waals surface area contributed by atoms with Crippen LogP contribution < -0.4 is 10.6 Å². The lowest BCUT2D eigenvalue weighted by Gasteiger charge is -2.25. The van der Waals surface area contributed by atoms with Crippen LogP contribution in [0.3, 0.4) is 0 Å². The number of carbonyl (C=O) groups is 1. The van der Waals surface area contributed by atoms with Crippen LogP contribution in [0.1, 0.15) is 28.3 Å². The number of pyridine rings is 1. The molecule has 1 unspecified atom stereocenters. The van der Waals surface area contributed by atoms with Crippen molar-refractivity contribution in [1.82, 2.24) is 10.3 Å². The van der Waals surface area contributed by atoms with Crippen LogP contribution in [0, 0.1) is 13.8 Å². The van der Waals surface area contributed by atoms with Crippen LogP contribution in [0.15, 0.2) is 36.4 Å². The van der Waals surface area contributed by atoms with Gasteiger partial charge in [-0.3, -0.25) is 4.79 Å². The molecule has 2 N–H and O–H groups in total. The molecule has 0 saturated heterocycles. The second-order valence-electron chi connectivity index (χ2n) is 5.54. The van der Waals surface area contributed by atoms with Crippen molar-refractivity contribution in [2.75, 3.05) is 11.9 Å². The van der Waals surface area contributed by atoms with E-state index in [4.69, 9.17) is 0 Å². The van der Waals surface area contributed by atoms with Gasteiger partial charge >= 0.3 is 0 Å². The average molecular weight is 281 g/mol. The Morgan fingerprint density at radius 2 is 2.10 bits per heavy atom. The Labute approximate surface area is 124 Å². The normalized spacial score (nSPS) is 17.1. The molecule has 0 radical (unpaired) electrons. The highest BCUT2D eigenvalue weighted by Gasteiger charge is 2.26. The van der Waals surface area contributed by atoms with Crippen LogP contribution in [0.4, 0.5) is 5.82 Å². The number of hydrogen-bond acceptors (Lipinski definition) is 3. The number of rotatable bonds is 2. The molecule has 2 aromatic rings. The number of fused-ring (bicyclic) bond motifs is 1.